The van der Waals surface area contributed by atoms with Crippen molar-refractivity contribution in [3.05, 3.63) is 0 Å². The molecule has 1 saturated carbocycles. The Morgan fingerprint density at radius 3 is 1.76 bits per heavy atom. The summed E-state index contributed by atoms with van der Waals surface area (Å²) in [4.78, 5) is 2.66. The molecule has 3 unspecified atom stereocenters. The molecule has 0 aromatic heterocycles. The van der Waals surface area contributed by atoms with Crippen molar-refractivity contribution in [1.82, 2.24) is 10.2 Å². The maximum atomic E-state index is 3.64. The van der Waals surface area contributed by atoms with Crippen LogP contribution in [0.25, 0.3) is 0 Å². The van der Waals surface area contributed by atoms with Gasteiger partial charge in [-0.25, -0.2) is 0 Å². The van der Waals surface area contributed by atoms with Gasteiger partial charge in [-0.3, -0.25) is 4.90 Å². The van der Waals surface area contributed by atoms with Gasteiger partial charge in [0.05, 0.1) is 0 Å². The number of hydrogen-bond acceptors (Lipinski definition) is 2. The SMILES string of the molecule is CNC1CCCCCCCCCCC1N(C)C(C)C(C)C. The second-order valence-electron chi connectivity index (χ2n) is 7.52. The van der Waals surface area contributed by atoms with Gasteiger partial charge in [-0.05, 0) is 39.8 Å². The molecule has 0 bridgehead atoms. The Labute approximate surface area is 134 Å². The molecule has 1 aliphatic rings. The van der Waals surface area contributed by atoms with E-state index in [1.165, 1.54) is 64.2 Å². The zero-order valence-corrected chi connectivity index (χ0v) is 15.3. The zero-order chi connectivity index (χ0) is 15.7. The van der Waals surface area contributed by atoms with E-state index in [9.17, 15) is 0 Å². The Kier molecular flexibility index (Phi) is 9.59. The van der Waals surface area contributed by atoms with Crippen LogP contribution in [-0.2, 0) is 0 Å². The van der Waals surface area contributed by atoms with Gasteiger partial charge in [0, 0.05) is 18.1 Å². The normalized spacial score (nSPS) is 28.1. The third kappa shape index (κ3) is 6.69. The summed E-state index contributed by atoms with van der Waals surface area (Å²) in [5.74, 6) is 0.730. The molecule has 0 aromatic carbocycles. The first-order valence-corrected chi connectivity index (χ1v) is 9.47. The molecule has 1 rings (SSSR count). The minimum atomic E-state index is 0.663. The Morgan fingerprint density at radius 2 is 1.29 bits per heavy atom. The molecule has 21 heavy (non-hydrogen) atoms. The first-order chi connectivity index (χ1) is 10.1. The van der Waals surface area contributed by atoms with E-state index >= 15 is 0 Å². The third-order valence-electron chi connectivity index (χ3n) is 5.73. The Bertz CT molecular complexity index is 252. The van der Waals surface area contributed by atoms with Crippen molar-refractivity contribution >= 4 is 0 Å². The first kappa shape index (κ1) is 19.0. The van der Waals surface area contributed by atoms with Crippen LogP contribution in [0.4, 0.5) is 0 Å². The molecule has 126 valence electrons. The van der Waals surface area contributed by atoms with Crippen molar-refractivity contribution in [2.75, 3.05) is 14.1 Å². The highest BCUT2D eigenvalue weighted by Gasteiger charge is 2.27. The fraction of sp³-hybridized carbons (Fsp3) is 1.00. The van der Waals surface area contributed by atoms with E-state index in [0.717, 1.165) is 5.92 Å². The lowest BCUT2D eigenvalue weighted by atomic mass is 9.91. The predicted octanol–water partition coefficient (Wildman–Crippen LogP) is 4.83. The van der Waals surface area contributed by atoms with E-state index in [-0.39, 0.29) is 0 Å². The lowest BCUT2D eigenvalue weighted by Gasteiger charge is -2.40. The molecule has 0 radical (unpaired) electrons. The number of likely N-dealkylation sites (N-methyl/N-ethyl adjacent to an activating group) is 2. The van der Waals surface area contributed by atoms with Crippen molar-refractivity contribution in [1.29, 1.82) is 0 Å². The van der Waals surface area contributed by atoms with Crippen LogP contribution >= 0.6 is 0 Å². The van der Waals surface area contributed by atoms with Gasteiger partial charge >= 0.3 is 0 Å². The van der Waals surface area contributed by atoms with Crippen LogP contribution < -0.4 is 5.32 Å². The topological polar surface area (TPSA) is 15.3 Å². The summed E-state index contributed by atoms with van der Waals surface area (Å²) in [6.07, 6.45) is 14.2. The van der Waals surface area contributed by atoms with Crippen LogP contribution in [0, 0.1) is 5.92 Å². The number of hydrogen-bond donors (Lipinski definition) is 1. The molecule has 0 aromatic rings. The minimum absolute atomic E-state index is 0.663. The molecule has 3 atom stereocenters. The fourth-order valence-corrected chi connectivity index (χ4v) is 3.77. The second kappa shape index (κ2) is 10.6. The van der Waals surface area contributed by atoms with Crippen LogP contribution in [0.3, 0.4) is 0 Å². The number of nitrogens with one attached hydrogen (secondary N) is 1. The second-order valence-corrected chi connectivity index (χ2v) is 7.52. The summed E-state index contributed by atoms with van der Waals surface area (Å²) in [7, 11) is 4.52. The molecule has 0 amide bonds. The molecule has 1 aliphatic carbocycles. The summed E-state index contributed by atoms with van der Waals surface area (Å²) >= 11 is 0. The lowest BCUT2D eigenvalue weighted by Crippen LogP contribution is -2.51. The van der Waals surface area contributed by atoms with Crippen LogP contribution in [0.5, 0.6) is 0 Å². The molecular weight excluding hydrogens is 256 g/mol. The molecule has 2 heteroatoms. The molecule has 0 saturated heterocycles. The highest BCUT2D eigenvalue weighted by molar-refractivity contribution is 4.86. The van der Waals surface area contributed by atoms with Gasteiger partial charge in [0.25, 0.3) is 0 Å². The van der Waals surface area contributed by atoms with Gasteiger partial charge in [0.1, 0.15) is 0 Å². The van der Waals surface area contributed by atoms with Gasteiger partial charge in [0.15, 0.2) is 0 Å². The van der Waals surface area contributed by atoms with Crippen LogP contribution in [0.2, 0.25) is 0 Å². The van der Waals surface area contributed by atoms with Crippen LogP contribution in [0.1, 0.15) is 85.0 Å². The molecule has 2 nitrogen and oxygen atoms in total. The van der Waals surface area contributed by atoms with E-state index in [2.05, 4.69) is 45.1 Å². The highest BCUT2D eigenvalue weighted by atomic mass is 15.2. The van der Waals surface area contributed by atoms with E-state index < -0.39 is 0 Å². The summed E-state index contributed by atoms with van der Waals surface area (Å²) in [6.45, 7) is 7.10. The average Bonchev–Trinajstić information content (AvgIpc) is 2.46. The molecule has 0 spiro atoms. The maximum absolute atomic E-state index is 3.64. The molecular formula is C19H40N2. The zero-order valence-electron chi connectivity index (χ0n) is 15.3. The average molecular weight is 297 g/mol. The summed E-state index contributed by atoms with van der Waals surface area (Å²) < 4.78 is 0. The van der Waals surface area contributed by atoms with Crippen molar-refractivity contribution < 1.29 is 0 Å². The fourth-order valence-electron chi connectivity index (χ4n) is 3.77. The Morgan fingerprint density at radius 1 is 0.810 bits per heavy atom. The van der Waals surface area contributed by atoms with Crippen molar-refractivity contribution in [3.8, 4) is 0 Å². The lowest BCUT2D eigenvalue weighted by molar-refractivity contribution is 0.107. The summed E-state index contributed by atoms with van der Waals surface area (Å²) in [5.41, 5.74) is 0. The van der Waals surface area contributed by atoms with Gasteiger partial charge in [-0.1, -0.05) is 65.2 Å². The van der Waals surface area contributed by atoms with Crippen molar-refractivity contribution in [3.63, 3.8) is 0 Å². The Hall–Kier alpha value is -0.0800. The number of nitrogens with zero attached hydrogens (tertiary/aromatic N) is 1. The van der Waals surface area contributed by atoms with E-state index in [0.29, 0.717) is 18.1 Å². The molecule has 0 aliphatic heterocycles. The van der Waals surface area contributed by atoms with Gasteiger partial charge < -0.3 is 5.32 Å². The summed E-state index contributed by atoms with van der Waals surface area (Å²) in [5, 5.41) is 3.64. The van der Waals surface area contributed by atoms with E-state index in [1.807, 2.05) is 0 Å². The van der Waals surface area contributed by atoms with Crippen molar-refractivity contribution in [2.24, 2.45) is 5.92 Å². The smallest absolute Gasteiger partial charge is 0.0249 e. The quantitative estimate of drug-likeness (QED) is 0.799. The van der Waals surface area contributed by atoms with Crippen LogP contribution in [0.15, 0.2) is 0 Å². The van der Waals surface area contributed by atoms with Gasteiger partial charge in [-0.2, -0.15) is 0 Å². The molecule has 1 N–H and O–H groups in total. The highest BCUT2D eigenvalue weighted by Crippen LogP contribution is 2.23. The Balaban J connectivity index is 2.69. The minimum Gasteiger partial charge on any atom is -0.315 e. The van der Waals surface area contributed by atoms with Gasteiger partial charge in [-0.15, -0.1) is 0 Å². The van der Waals surface area contributed by atoms with E-state index in [4.69, 9.17) is 0 Å². The van der Waals surface area contributed by atoms with Crippen molar-refractivity contribution in [2.45, 2.75) is 103 Å². The van der Waals surface area contributed by atoms with Crippen LogP contribution in [-0.4, -0.2) is 37.1 Å². The third-order valence-corrected chi connectivity index (χ3v) is 5.73. The first-order valence-electron chi connectivity index (χ1n) is 9.47. The molecule has 0 heterocycles. The monoisotopic (exact) mass is 296 g/mol. The largest absolute Gasteiger partial charge is 0.315 e. The summed E-state index contributed by atoms with van der Waals surface area (Å²) in [6, 6.07) is 2.03. The standard InChI is InChI=1S/C19H40N2/c1-16(2)17(3)21(5)19-15-13-11-9-7-6-8-10-12-14-18(19)20-4/h16-20H,6-15H2,1-5H3. The molecule has 1 fully saturated rings. The van der Waals surface area contributed by atoms with Gasteiger partial charge in [0.2, 0.25) is 0 Å². The number of rotatable bonds is 4. The predicted molar refractivity (Wildman–Crippen MR) is 94.9 cm³/mol. The maximum Gasteiger partial charge on any atom is 0.0249 e. The van der Waals surface area contributed by atoms with E-state index in [1.54, 1.807) is 0 Å².